The summed E-state index contributed by atoms with van der Waals surface area (Å²) in [7, 11) is 1.44. The van der Waals surface area contributed by atoms with Crippen LogP contribution in [0.25, 0.3) is 11.0 Å². The molecular formula is C14H16IN3O5. The highest BCUT2D eigenvalue weighted by atomic mass is 127. The number of carbonyl (C=O) groups is 1. The van der Waals surface area contributed by atoms with E-state index in [2.05, 4.69) is 9.40 Å². The Kier molecular flexibility index (Phi) is 4.51. The number of aromatic nitrogens is 2. The topological polar surface area (TPSA) is 106 Å². The molecule has 0 saturated heterocycles. The van der Waals surface area contributed by atoms with Crippen LogP contribution in [0.2, 0.25) is 0 Å². The van der Waals surface area contributed by atoms with E-state index in [1.165, 1.54) is 18.1 Å². The summed E-state index contributed by atoms with van der Waals surface area (Å²) < 4.78 is 6.43. The number of pyridine rings is 1. The predicted molar refractivity (Wildman–Crippen MR) is 91.6 cm³/mol. The van der Waals surface area contributed by atoms with Crippen LogP contribution >= 0.6 is 22.6 Å². The first-order chi connectivity index (χ1) is 10.5. The SMILES string of the molecule is Cn1c(=O)oc(=O)c2c(CN(C(=O)O)C(C)(C)C)c(I)cnc21. The highest BCUT2D eigenvalue weighted by Crippen LogP contribution is 2.24. The van der Waals surface area contributed by atoms with E-state index in [4.69, 9.17) is 0 Å². The van der Waals surface area contributed by atoms with Gasteiger partial charge in [0.05, 0.1) is 6.54 Å². The van der Waals surface area contributed by atoms with Crippen molar-refractivity contribution in [3.05, 3.63) is 36.3 Å². The van der Waals surface area contributed by atoms with Gasteiger partial charge in [0, 0.05) is 27.9 Å². The van der Waals surface area contributed by atoms with Gasteiger partial charge in [-0.15, -0.1) is 0 Å². The van der Waals surface area contributed by atoms with Gasteiger partial charge in [-0.25, -0.2) is 19.4 Å². The number of hydrogen-bond donors (Lipinski definition) is 1. The Hall–Kier alpha value is -1.91. The summed E-state index contributed by atoms with van der Waals surface area (Å²) in [5.74, 6) is -0.812. The standard InChI is InChI=1S/C14H16IN3O5/c1-14(2,3)18(12(20)21)6-7-8(15)5-16-10-9(7)11(19)23-13(22)17(10)4/h5H,6H2,1-4H3,(H,20,21). The summed E-state index contributed by atoms with van der Waals surface area (Å²) in [4.78, 5) is 40.6. The molecule has 0 aliphatic rings. The number of halogens is 1. The monoisotopic (exact) mass is 433 g/mol. The maximum Gasteiger partial charge on any atom is 0.423 e. The Morgan fingerprint density at radius 2 is 2.04 bits per heavy atom. The summed E-state index contributed by atoms with van der Waals surface area (Å²) in [5.41, 5.74) is -0.840. The van der Waals surface area contributed by atoms with Gasteiger partial charge >= 0.3 is 17.5 Å². The van der Waals surface area contributed by atoms with Crippen molar-refractivity contribution in [2.45, 2.75) is 32.9 Å². The average Bonchev–Trinajstić information content (AvgIpc) is 2.41. The van der Waals surface area contributed by atoms with Crippen LogP contribution in [0.15, 0.2) is 20.2 Å². The van der Waals surface area contributed by atoms with Gasteiger partial charge in [-0.3, -0.25) is 9.47 Å². The molecule has 0 aliphatic heterocycles. The molecule has 1 N–H and O–H groups in total. The van der Waals surface area contributed by atoms with E-state index in [-0.39, 0.29) is 17.6 Å². The molecule has 0 atom stereocenters. The van der Waals surface area contributed by atoms with Gasteiger partial charge in [-0.05, 0) is 43.4 Å². The number of fused-ring (bicyclic) bond motifs is 1. The van der Waals surface area contributed by atoms with Gasteiger partial charge in [-0.1, -0.05) is 0 Å². The molecule has 2 rings (SSSR count). The zero-order valence-corrected chi connectivity index (χ0v) is 15.2. The van der Waals surface area contributed by atoms with Gasteiger partial charge < -0.3 is 9.52 Å². The van der Waals surface area contributed by atoms with Crippen LogP contribution in [0, 0.1) is 3.57 Å². The van der Waals surface area contributed by atoms with Gasteiger partial charge in [-0.2, -0.15) is 0 Å². The first kappa shape index (κ1) is 17.4. The number of nitrogens with zero attached hydrogens (tertiary/aromatic N) is 3. The molecule has 124 valence electrons. The van der Waals surface area contributed by atoms with Crippen molar-refractivity contribution in [2.75, 3.05) is 0 Å². The number of aryl methyl sites for hydroxylation is 1. The normalized spacial score (nSPS) is 11.7. The summed E-state index contributed by atoms with van der Waals surface area (Å²) in [6.07, 6.45) is 0.396. The van der Waals surface area contributed by atoms with Gasteiger partial charge in [0.2, 0.25) is 0 Å². The average molecular weight is 433 g/mol. The lowest BCUT2D eigenvalue weighted by atomic mass is 10.0. The van der Waals surface area contributed by atoms with Crippen LogP contribution in [0.5, 0.6) is 0 Å². The van der Waals surface area contributed by atoms with Crippen molar-refractivity contribution >= 4 is 39.7 Å². The Labute approximate surface area is 144 Å². The van der Waals surface area contributed by atoms with E-state index in [9.17, 15) is 19.5 Å². The molecule has 1 amide bonds. The number of carboxylic acid groups (broad SMARTS) is 1. The zero-order chi connectivity index (χ0) is 17.5. The third-order valence-electron chi connectivity index (χ3n) is 3.45. The van der Waals surface area contributed by atoms with Gasteiger partial charge in [0.15, 0.2) is 5.65 Å². The molecule has 2 aromatic heterocycles. The molecule has 0 aromatic carbocycles. The Morgan fingerprint density at radius 3 is 2.57 bits per heavy atom. The minimum atomic E-state index is -1.10. The third-order valence-corrected chi connectivity index (χ3v) is 4.38. The quantitative estimate of drug-likeness (QED) is 0.724. The van der Waals surface area contributed by atoms with Crippen molar-refractivity contribution < 1.29 is 14.3 Å². The molecule has 9 heteroatoms. The van der Waals surface area contributed by atoms with E-state index in [0.29, 0.717) is 9.13 Å². The molecule has 0 bridgehead atoms. The minimum Gasteiger partial charge on any atom is -0.465 e. The van der Waals surface area contributed by atoms with E-state index in [1.807, 2.05) is 22.6 Å². The lowest BCUT2D eigenvalue weighted by Gasteiger charge is -2.33. The molecule has 0 unspecified atom stereocenters. The van der Waals surface area contributed by atoms with Crippen LogP contribution in [0.1, 0.15) is 26.3 Å². The molecule has 0 spiro atoms. The second-order valence-corrected chi connectivity index (χ2v) is 7.20. The second kappa shape index (κ2) is 5.95. The number of amides is 1. The molecule has 0 radical (unpaired) electrons. The van der Waals surface area contributed by atoms with Crippen LogP contribution in [0.4, 0.5) is 4.79 Å². The van der Waals surface area contributed by atoms with Crippen molar-refractivity contribution in [1.82, 2.24) is 14.5 Å². The van der Waals surface area contributed by atoms with Crippen molar-refractivity contribution in [2.24, 2.45) is 7.05 Å². The zero-order valence-electron chi connectivity index (χ0n) is 13.1. The van der Waals surface area contributed by atoms with E-state index in [1.54, 1.807) is 20.8 Å². The van der Waals surface area contributed by atoms with Crippen LogP contribution in [-0.2, 0) is 13.6 Å². The molecule has 2 aromatic rings. The molecule has 0 aliphatic carbocycles. The maximum absolute atomic E-state index is 12.1. The van der Waals surface area contributed by atoms with E-state index in [0.717, 1.165) is 4.57 Å². The second-order valence-electron chi connectivity index (χ2n) is 6.04. The van der Waals surface area contributed by atoms with E-state index >= 15 is 0 Å². The van der Waals surface area contributed by atoms with Crippen LogP contribution in [0.3, 0.4) is 0 Å². The first-order valence-corrected chi connectivity index (χ1v) is 7.79. The molecule has 8 nitrogen and oxygen atoms in total. The van der Waals surface area contributed by atoms with Crippen LogP contribution in [-0.4, -0.2) is 31.2 Å². The van der Waals surface area contributed by atoms with E-state index < -0.39 is 23.0 Å². The highest BCUT2D eigenvalue weighted by molar-refractivity contribution is 14.1. The lowest BCUT2D eigenvalue weighted by molar-refractivity contribution is 0.0956. The molecular weight excluding hydrogens is 417 g/mol. The lowest BCUT2D eigenvalue weighted by Crippen LogP contribution is -2.44. The Balaban J connectivity index is 2.77. The summed E-state index contributed by atoms with van der Waals surface area (Å²) in [6.45, 7) is 5.26. The van der Waals surface area contributed by atoms with Gasteiger partial charge in [0.25, 0.3) is 0 Å². The smallest absolute Gasteiger partial charge is 0.423 e. The minimum absolute atomic E-state index is 0.0148. The van der Waals surface area contributed by atoms with Crippen molar-refractivity contribution in [1.29, 1.82) is 0 Å². The van der Waals surface area contributed by atoms with Gasteiger partial charge in [0.1, 0.15) is 5.39 Å². The highest BCUT2D eigenvalue weighted by Gasteiger charge is 2.28. The number of rotatable bonds is 2. The fraction of sp³-hybridized carbons (Fsp3) is 0.429. The maximum atomic E-state index is 12.1. The largest absolute Gasteiger partial charge is 0.465 e. The summed E-state index contributed by atoms with van der Waals surface area (Å²) in [5, 5.41) is 9.57. The Morgan fingerprint density at radius 1 is 1.43 bits per heavy atom. The number of hydrogen-bond acceptors (Lipinski definition) is 5. The first-order valence-electron chi connectivity index (χ1n) is 6.72. The molecule has 23 heavy (non-hydrogen) atoms. The summed E-state index contributed by atoms with van der Waals surface area (Å²) >= 11 is 1.98. The third kappa shape index (κ3) is 3.23. The fourth-order valence-corrected chi connectivity index (χ4v) is 2.75. The van der Waals surface area contributed by atoms with Crippen molar-refractivity contribution in [3.8, 4) is 0 Å². The fourth-order valence-electron chi connectivity index (χ4n) is 2.17. The molecule has 0 fully saturated rings. The van der Waals surface area contributed by atoms with Crippen LogP contribution < -0.4 is 11.4 Å². The van der Waals surface area contributed by atoms with Crippen molar-refractivity contribution in [3.63, 3.8) is 0 Å². The molecule has 2 heterocycles. The summed E-state index contributed by atoms with van der Waals surface area (Å²) in [6, 6.07) is 0. The predicted octanol–water partition coefficient (Wildman–Crippen LogP) is 1.77. The Bertz CT molecular complexity index is 894. The molecule has 0 saturated carbocycles.